The molecule has 1 unspecified atom stereocenters. The summed E-state index contributed by atoms with van der Waals surface area (Å²) in [6.45, 7) is 1.91. The number of carbonyl (C=O) groups is 2. The number of aromatic amines is 1. The molecule has 160 valence electrons. The van der Waals surface area contributed by atoms with Crippen LogP contribution in [0, 0.1) is 6.92 Å². The Morgan fingerprint density at radius 1 is 0.969 bits per heavy atom. The van der Waals surface area contributed by atoms with Crippen LogP contribution in [0.25, 0.3) is 10.9 Å². The number of nitrogens with one attached hydrogen (secondary N) is 2. The second kappa shape index (κ2) is 8.43. The number of benzene rings is 3. The smallest absolute Gasteiger partial charge is 0.286 e. The zero-order valence-electron chi connectivity index (χ0n) is 17.5. The average Bonchev–Trinajstić information content (AvgIpc) is 3.36. The zero-order valence-corrected chi connectivity index (χ0v) is 18.3. The molecule has 2 amide bonds. The molecule has 2 heterocycles. The Morgan fingerprint density at radius 2 is 1.56 bits per heavy atom. The van der Waals surface area contributed by atoms with Crippen LogP contribution in [0.15, 0.2) is 84.9 Å². The third-order valence-corrected chi connectivity index (χ3v) is 6.68. The molecule has 3 aromatic carbocycles. The molecule has 0 radical (unpaired) electrons. The quantitative estimate of drug-likeness (QED) is 0.465. The maximum atomic E-state index is 13.2. The summed E-state index contributed by atoms with van der Waals surface area (Å²) in [5.74, 6) is -0.188. The fourth-order valence-corrected chi connectivity index (χ4v) is 5.12. The van der Waals surface area contributed by atoms with E-state index in [-0.39, 0.29) is 17.6 Å². The molecule has 1 atom stereocenters. The number of H-pyrrole nitrogens is 1. The second-order valence-corrected chi connectivity index (χ2v) is 8.60. The zero-order chi connectivity index (χ0) is 22.1. The van der Waals surface area contributed by atoms with Crippen LogP contribution >= 0.6 is 11.8 Å². The highest BCUT2D eigenvalue weighted by Gasteiger charge is 2.38. The topological polar surface area (TPSA) is 68.4 Å². The van der Waals surface area contributed by atoms with Crippen LogP contribution < -0.4 is 10.3 Å². The molecule has 1 saturated heterocycles. The number of rotatable bonds is 5. The van der Waals surface area contributed by atoms with Crippen molar-refractivity contribution in [1.82, 2.24) is 15.4 Å². The number of aryl methyl sites for hydroxylation is 1. The van der Waals surface area contributed by atoms with E-state index in [1.165, 1.54) is 16.8 Å². The maximum Gasteiger partial charge on any atom is 0.286 e. The third kappa shape index (κ3) is 3.61. The molecule has 5 rings (SSSR count). The lowest BCUT2D eigenvalue weighted by atomic mass is 10.1. The Balaban J connectivity index is 1.49. The number of anilines is 2. The van der Waals surface area contributed by atoms with Crippen molar-refractivity contribution in [2.75, 3.05) is 10.7 Å². The minimum absolute atomic E-state index is 0.140. The van der Waals surface area contributed by atoms with Crippen molar-refractivity contribution in [2.24, 2.45) is 0 Å². The van der Waals surface area contributed by atoms with Gasteiger partial charge in [0, 0.05) is 22.3 Å². The minimum atomic E-state index is -0.416. The number of hydrogen-bond acceptors (Lipinski definition) is 4. The molecule has 7 heteroatoms. The molecule has 2 N–H and O–H groups in total. The normalized spacial score (nSPS) is 15.8. The van der Waals surface area contributed by atoms with Gasteiger partial charge in [0.1, 0.15) is 5.69 Å². The number of fused-ring (bicyclic) bond motifs is 1. The summed E-state index contributed by atoms with van der Waals surface area (Å²) in [6, 6.07) is 27.5. The van der Waals surface area contributed by atoms with Gasteiger partial charge in [-0.15, -0.1) is 11.8 Å². The molecule has 32 heavy (non-hydrogen) atoms. The fourth-order valence-electron chi connectivity index (χ4n) is 3.98. The van der Waals surface area contributed by atoms with Crippen molar-refractivity contribution in [1.29, 1.82) is 0 Å². The van der Waals surface area contributed by atoms with E-state index in [2.05, 4.69) is 15.3 Å². The molecule has 6 nitrogen and oxygen atoms in total. The van der Waals surface area contributed by atoms with Crippen LogP contribution in [0.4, 0.5) is 11.4 Å². The van der Waals surface area contributed by atoms with Crippen LogP contribution in [0.2, 0.25) is 0 Å². The van der Waals surface area contributed by atoms with Crippen LogP contribution in [0.5, 0.6) is 0 Å². The molecule has 1 aliphatic rings. The summed E-state index contributed by atoms with van der Waals surface area (Å²) in [4.78, 5) is 31.3. The van der Waals surface area contributed by atoms with Crippen LogP contribution in [-0.4, -0.2) is 33.1 Å². The maximum absolute atomic E-state index is 13.2. The van der Waals surface area contributed by atoms with Crippen LogP contribution in [-0.2, 0) is 4.79 Å². The van der Waals surface area contributed by atoms with Gasteiger partial charge in [-0.1, -0.05) is 54.6 Å². The second-order valence-electron chi connectivity index (χ2n) is 7.55. The van der Waals surface area contributed by atoms with Gasteiger partial charge in [0.25, 0.3) is 11.8 Å². The minimum Gasteiger partial charge on any atom is -0.350 e. The lowest BCUT2D eigenvalue weighted by Crippen LogP contribution is -2.52. The van der Waals surface area contributed by atoms with Crippen molar-refractivity contribution in [2.45, 2.75) is 12.4 Å². The van der Waals surface area contributed by atoms with E-state index in [0.717, 1.165) is 27.8 Å². The average molecular weight is 443 g/mol. The first-order valence-electron chi connectivity index (χ1n) is 10.3. The van der Waals surface area contributed by atoms with E-state index in [9.17, 15) is 9.59 Å². The van der Waals surface area contributed by atoms with Gasteiger partial charge < -0.3 is 9.88 Å². The van der Waals surface area contributed by atoms with Crippen molar-refractivity contribution in [3.05, 3.63) is 96.2 Å². The standard InChI is InChI=1S/C25H22N4O2S/c1-17-20-14-8-9-15-21(20)26-23(17)24(31)27-29-22(30)16-32-25(29)28(18-10-4-2-5-11-18)19-12-6-3-7-13-19/h2-15,25-26H,16H2,1H3,(H,27,31). The monoisotopic (exact) mass is 442 g/mol. The highest BCUT2D eigenvalue weighted by atomic mass is 32.2. The molecular formula is C25H22N4O2S. The van der Waals surface area contributed by atoms with Gasteiger partial charge in [-0.2, -0.15) is 0 Å². The molecule has 1 fully saturated rings. The summed E-state index contributed by atoms with van der Waals surface area (Å²) in [5, 5.41) is 2.43. The molecule has 0 aliphatic carbocycles. The van der Waals surface area contributed by atoms with Crippen molar-refractivity contribution < 1.29 is 9.59 Å². The van der Waals surface area contributed by atoms with Crippen LogP contribution in [0.1, 0.15) is 16.1 Å². The number of carbonyl (C=O) groups excluding carboxylic acids is 2. The number of hydrazine groups is 1. The summed E-state index contributed by atoms with van der Waals surface area (Å²) in [5.41, 5.74) is 6.54. The van der Waals surface area contributed by atoms with Crippen molar-refractivity contribution in [3.63, 3.8) is 0 Å². The first-order chi connectivity index (χ1) is 15.6. The largest absolute Gasteiger partial charge is 0.350 e. The molecule has 1 aliphatic heterocycles. The third-order valence-electron chi connectivity index (χ3n) is 5.55. The number of hydrogen-bond donors (Lipinski definition) is 2. The van der Waals surface area contributed by atoms with Gasteiger partial charge in [0.15, 0.2) is 5.50 Å². The van der Waals surface area contributed by atoms with Gasteiger partial charge >= 0.3 is 0 Å². The van der Waals surface area contributed by atoms with E-state index in [1.807, 2.05) is 91.9 Å². The van der Waals surface area contributed by atoms with E-state index in [1.54, 1.807) is 0 Å². The van der Waals surface area contributed by atoms with E-state index in [0.29, 0.717) is 5.69 Å². The number of para-hydroxylation sites is 3. The Labute approximate surface area is 190 Å². The van der Waals surface area contributed by atoms with Crippen molar-refractivity contribution >= 4 is 45.9 Å². The number of thioether (sulfide) groups is 1. The Bertz CT molecular complexity index is 1230. The molecule has 4 aromatic rings. The summed E-state index contributed by atoms with van der Waals surface area (Å²) < 4.78 is 0. The summed E-state index contributed by atoms with van der Waals surface area (Å²) in [7, 11) is 0. The van der Waals surface area contributed by atoms with Gasteiger partial charge in [-0.05, 0) is 42.8 Å². The van der Waals surface area contributed by atoms with Crippen LogP contribution in [0.3, 0.4) is 0 Å². The predicted octanol–water partition coefficient (Wildman–Crippen LogP) is 4.82. The van der Waals surface area contributed by atoms with E-state index in [4.69, 9.17) is 0 Å². The number of amides is 2. The number of nitrogens with zero attached hydrogens (tertiary/aromatic N) is 2. The molecule has 0 bridgehead atoms. The SMILES string of the molecule is Cc1c(C(=O)NN2C(=O)CSC2N(c2ccccc2)c2ccccc2)[nH]c2ccccc12. The predicted molar refractivity (Wildman–Crippen MR) is 129 cm³/mol. The summed E-state index contributed by atoms with van der Waals surface area (Å²) >= 11 is 1.48. The van der Waals surface area contributed by atoms with Gasteiger partial charge in [-0.25, -0.2) is 5.01 Å². The Kier molecular flexibility index (Phi) is 5.33. The van der Waals surface area contributed by atoms with E-state index >= 15 is 0 Å². The lowest BCUT2D eigenvalue weighted by Gasteiger charge is -2.35. The fraction of sp³-hybridized carbons (Fsp3) is 0.120. The Hall–Kier alpha value is -3.71. The first-order valence-corrected chi connectivity index (χ1v) is 11.4. The molecule has 1 aromatic heterocycles. The number of aromatic nitrogens is 1. The summed E-state index contributed by atoms with van der Waals surface area (Å²) in [6.07, 6.45) is 0. The van der Waals surface area contributed by atoms with Crippen molar-refractivity contribution in [3.8, 4) is 0 Å². The van der Waals surface area contributed by atoms with Gasteiger partial charge in [0.2, 0.25) is 0 Å². The first kappa shape index (κ1) is 20.2. The van der Waals surface area contributed by atoms with Gasteiger partial charge in [-0.3, -0.25) is 15.0 Å². The van der Waals surface area contributed by atoms with Gasteiger partial charge in [0.05, 0.1) is 5.75 Å². The molecule has 0 saturated carbocycles. The highest BCUT2D eigenvalue weighted by molar-refractivity contribution is 8.01. The molecule has 0 spiro atoms. The highest BCUT2D eigenvalue weighted by Crippen LogP contribution is 2.36. The molecular weight excluding hydrogens is 420 g/mol. The van der Waals surface area contributed by atoms with E-state index < -0.39 is 5.50 Å². The Morgan fingerprint density at radius 3 is 2.19 bits per heavy atom. The lowest BCUT2D eigenvalue weighted by molar-refractivity contribution is -0.130.